The van der Waals surface area contributed by atoms with Crippen molar-refractivity contribution in [1.29, 1.82) is 0 Å². The minimum absolute atomic E-state index is 0.0847. The molecule has 6 N–H and O–H groups in total. The highest BCUT2D eigenvalue weighted by molar-refractivity contribution is 5.35. The molecule has 6 nitrogen and oxygen atoms in total. The monoisotopic (exact) mass is 502 g/mol. The number of aliphatic hydroxyl groups excluding tert-OH is 2. The summed E-state index contributed by atoms with van der Waals surface area (Å²) in [4.78, 5) is 4.03. The molecule has 0 spiro atoms. The summed E-state index contributed by atoms with van der Waals surface area (Å²) in [5.41, 5.74) is 17.3. The summed E-state index contributed by atoms with van der Waals surface area (Å²) in [6.07, 6.45) is 9.14. The molecule has 3 atom stereocenters. The summed E-state index contributed by atoms with van der Waals surface area (Å²) in [7, 11) is 0. The minimum atomic E-state index is -0.922. The fourth-order valence-corrected chi connectivity index (χ4v) is 4.74. The third kappa shape index (κ3) is 7.91. The molecule has 0 heterocycles. The van der Waals surface area contributed by atoms with Crippen molar-refractivity contribution in [2.24, 2.45) is 17.4 Å². The lowest BCUT2D eigenvalue weighted by Crippen LogP contribution is -2.51. The topological polar surface area (TPSA) is 99.0 Å². The molecule has 1 aliphatic rings. The van der Waals surface area contributed by atoms with E-state index in [0.29, 0.717) is 18.8 Å². The van der Waals surface area contributed by atoms with E-state index in [-0.39, 0.29) is 18.6 Å². The Labute approximate surface area is 221 Å². The second-order valence-electron chi connectivity index (χ2n) is 9.96. The van der Waals surface area contributed by atoms with Crippen molar-refractivity contribution in [1.82, 2.24) is 9.80 Å². The average Bonchev–Trinajstić information content (AvgIpc) is 2.93. The van der Waals surface area contributed by atoms with Crippen molar-refractivity contribution in [3.63, 3.8) is 0 Å². The van der Waals surface area contributed by atoms with E-state index in [4.69, 9.17) is 11.5 Å². The van der Waals surface area contributed by atoms with Gasteiger partial charge < -0.3 is 26.6 Å². The quantitative estimate of drug-likeness (QED) is 0.303. The Balaban J connectivity index is 2.02. The molecule has 0 amide bonds. The smallest absolute Gasteiger partial charge is 0.134 e. The maximum atomic E-state index is 11.5. The summed E-state index contributed by atoms with van der Waals surface area (Å²) < 4.78 is 0. The van der Waals surface area contributed by atoms with Gasteiger partial charge in [-0.2, -0.15) is 0 Å². The number of benzene rings is 2. The average molecular weight is 503 g/mol. The lowest BCUT2D eigenvalue weighted by Gasteiger charge is -2.42. The van der Waals surface area contributed by atoms with Crippen LogP contribution in [0.2, 0.25) is 0 Å². The number of allylic oxidation sites excluding steroid dienone is 4. The van der Waals surface area contributed by atoms with E-state index in [1.807, 2.05) is 65.7 Å². The Hall–Kier alpha value is -3.16. The number of aliphatic hydroxyl groups is 2. The van der Waals surface area contributed by atoms with Gasteiger partial charge in [0, 0.05) is 31.0 Å². The van der Waals surface area contributed by atoms with E-state index >= 15 is 0 Å². The molecular weight excluding hydrogens is 460 g/mol. The van der Waals surface area contributed by atoms with Crippen LogP contribution >= 0.6 is 0 Å². The van der Waals surface area contributed by atoms with Crippen LogP contribution in [-0.4, -0.2) is 45.2 Å². The fraction of sp³-hybridized carbons (Fsp3) is 0.355. The van der Waals surface area contributed by atoms with E-state index in [2.05, 4.69) is 49.6 Å². The second-order valence-corrected chi connectivity index (χ2v) is 9.96. The maximum Gasteiger partial charge on any atom is 0.134 e. The Kier molecular flexibility index (Phi) is 10.7. The van der Waals surface area contributed by atoms with Crippen LogP contribution < -0.4 is 11.5 Å². The Morgan fingerprint density at radius 3 is 2.30 bits per heavy atom. The molecule has 2 aromatic rings. The van der Waals surface area contributed by atoms with Crippen LogP contribution in [0.3, 0.4) is 0 Å². The fourth-order valence-electron chi connectivity index (χ4n) is 4.74. The maximum absolute atomic E-state index is 11.5. The predicted octanol–water partition coefficient (Wildman–Crippen LogP) is 4.42. The molecule has 1 aliphatic carbocycles. The first kappa shape index (κ1) is 28.4. The zero-order valence-corrected chi connectivity index (χ0v) is 22.1. The Morgan fingerprint density at radius 2 is 1.73 bits per heavy atom. The summed E-state index contributed by atoms with van der Waals surface area (Å²) >= 11 is 0. The van der Waals surface area contributed by atoms with Gasteiger partial charge in [0.05, 0.1) is 18.3 Å². The zero-order chi connectivity index (χ0) is 26.8. The van der Waals surface area contributed by atoms with Gasteiger partial charge in [0.25, 0.3) is 0 Å². The van der Waals surface area contributed by atoms with Gasteiger partial charge in [-0.3, -0.25) is 4.90 Å². The van der Waals surface area contributed by atoms with Gasteiger partial charge >= 0.3 is 0 Å². The number of nitrogens with zero attached hydrogens (tertiary/aromatic N) is 2. The van der Waals surface area contributed by atoms with E-state index in [1.54, 1.807) is 0 Å². The van der Waals surface area contributed by atoms with Crippen molar-refractivity contribution in [3.8, 4) is 0 Å². The third-order valence-corrected chi connectivity index (χ3v) is 6.67. The third-order valence-electron chi connectivity index (χ3n) is 6.67. The second kappa shape index (κ2) is 14.0. The predicted molar refractivity (Wildman–Crippen MR) is 152 cm³/mol. The van der Waals surface area contributed by atoms with Gasteiger partial charge in [-0.25, -0.2) is 0 Å². The molecule has 2 unspecified atom stereocenters. The van der Waals surface area contributed by atoms with Crippen molar-refractivity contribution >= 4 is 0 Å². The molecule has 0 saturated carbocycles. The van der Waals surface area contributed by atoms with Gasteiger partial charge in [-0.1, -0.05) is 99.3 Å². The molecular formula is C31H42N4O2. The molecule has 0 radical (unpaired) electrons. The van der Waals surface area contributed by atoms with Gasteiger partial charge in [-0.15, -0.1) is 0 Å². The van der Waals surface area contributed by atoms with Crippen LogP contribution in [-0.2, 0) is 6.54 Å². The highest BCUT2D eigenvalue weighted by Crippen LogP contribution is 2.31. The molecule has 3 rings (SSSR count). The normalized spacial score (nSPS) is 16.4. The number of hydrogen-bond donors (Lipinski definition) is 4. The largest absolute Gasteiger partial charge is 0.397 e. The van der Waals surface area contributed by atoms with Crippen LogP contribution in [0, 0.1) is 5.92 Å². The highest BCUT2D eigenvalue weighted by atomic mass is 16.3. The molecule has 0 saturated heterocycles. The van der Waals surface area contributed by atoms with Gasteiger partial charge in [0.1, 0.15) is 6.23 Å². The minimum Gasteiger partial charge on any atom is -0.397 e. The Bertz CT molecular complexity index is 1080. The van der Waals surface area contributed by atoms with E-state index < -0.39 is 12.3 Å². The number of nitrogens with two attached hydrogens (primary N) is 2. The number of rotatable bonds is 13. The lowest BCUT2D eigenvalue weighted by atomic mass is 9.96. The molecule has 2 aromatic carbocycles. The van der Waals surface area contributed by atoms with Crippen LogP contribution in [0.1, 0.15) is 44.0 Å². The van der Waals surface area contributed by atoms with Crippen LogP contribution in [0.4, 0.5) is 0 Å². The zero-order valence-electron chi connectivity index (χ0n) is 22.1. The molecule has 0 aliphatic heterocycles. The van der Waals surface area contributed by atoms with Gasteiger partial charge in [0.15, 0.2) is 0 Å². The van der Waals surface area contributed by atoms with Crippen molar-refractivity contribution in [3.05, 3.63) is 120 Å². The van der Waals surface area contributed by atoms with Crippen molar-refractivity contribution in [2.45, 2.75) is 51.5 Å². The van der Waals surface area contributed by atoms with E-state index in [0.717, 1.165) is 35.2 Å². The van der Waals surface area contributed by atoms with Crippen molar-refractivity contribution < 1.29 is 10.2 Å². The SMILES string of the molecule is C=C([C@@H](C(C)C)N(CC(N)CO)C(O)c1ccccc1)N(/C=C(\N)C1=CC=CCC1)Cc1ccccc1. The first-order chi connectivity index (χ1) is 17.8. The van der Waals surface area contributed by atoms with E-state index in [9.17, 15) is 10.2 Å². The van der Waals surface area contributed by atoms with Gasteiger partial charge in [-0.05, 0) is 35.5 Å². The standard InChI is InChI=1S/C31H42N4O2/c1-23(2)30(35(20-28(32)22-36)31(37)27-17-11-6-12-18-27)24(3)34(19-25-13-7-4-8-14-25)21-29(33)26-15-9-5-10-16-26/h4-9,11-15,17-18,21,23,28,30-31,36-37H,3,10,16,19-20,22,32-33H2,1-2H3/b29-21-/t28?,30-,31?/m1/s1. The summed E-state index contributed by atoms with van der Waals surface area (Å²) in [6, 6.07) is 18.9. The van der Waals surface area contributed by atoms with Crippen LogP contribution in [0.5, 0.6) is 0 Å². The molecule has 0 fully saturated rings. The summed E-state index contributed by atoms with van der Waals surface area (Å²) in [6.45, 7) is 9.43. The molecule has 37 heavy (non-hydrogen) atoms. The lowest BCUT2D eigenvalue weighted by molar-refractivity contribution is -0.0409. The number of hydrogen-bond acceptors (Lipinski definition) is 6. The molecule has 6 heteroatoms. The first-order valence-corrected chi connectivity index (χ1v) is 13.0. The van der Waals surface area contributed by atoms with E-state index in [1.165, 1.54) is 0 Å². The Morgan fingerprint density at radius 1 is 1.08 bits per heavy atom. The molecule has 198 valence electrons. The molecule has 0 aromatic heterocycles. The van der Waals surface area contributed by atoms with Crippen LogP contribution in [0.25, 0.3) is 0 Å². The summed E-state index contributed by atoms with van der Waals surface area (Å²) in [5, 5.41) is 21.3. The van der Waals surface area contributed by atoms with Crippen molar-refractivity contribution in [2.75, 3.05) is 13.2 Å². The van der Waals surface area contributed by atoms with Gasteiger partial charge in [0.2, 0.25) is 0 Å². The first-order valence-electron chi connectivity index (χ1n) is 13.0. The molecule has 0 bridgehead atoms. The highest BCUT2D eigenvalue weighted by Gasteiger charge is 2.33. The summed E-state index contributed by atoms with van der Waals surface area (Å²) in [5.74, 6) is 0.0847. The van der Waals surface area contributed by atoms with Crippen LogP contribution in [0.15, 0.2) is 109 Å².